The van der Waals surface area contributed by atoms with Crippen molar-refractivity contribution in [1.29, 1.82) is 0 Å². The first-order valence-electron chi connectivity index (χ1n) is 6.56. The highest BCUT2D eigenvalue weighted by Crippen LogP contribution is 2.28. The van der Waals surface area contributed by atoms with Crippen molar-refractivity contribution >= 4 is 11.6 Å². The predicted molar refractivity (Wildman–Crippen MR) is 81.5 cm³/mol. The lowest BCUT2D eigenvalue weighted by atomic mass is 10.2. The Morgan fingerprint density at radius 1 is 1.14 bits per heavy atom. The van der Waals surface area contributed by atoms with Crippen LogP contribution in [0.25, 0.3) is 0 Å². The standard InChI is InChI=1S/C16H18N2O3/c1-20-15-9-12(7-8-14(15)21-11-16(17)19)10-18-13-5-3-2-4-6-13/h2-9,18H,10-11H2,1H3,(H2,17,19). The van der Waals surface area contributed by atoms with Gasteiger partial charge in [-0.05, 0) is 29.8 Å². The molecule has 0 fully saturated rings. The van der Waals surface area contributed by atoms with E-state index in [0.717, 1.165) is 11.3 Å². The van der Waals surface area contributed by atoms with E-state index in [9.17, 15) is 4.79 Å². The minimum Gasteiger partial charge on any atom is -0.493 e. The highest BCUT2D eigenvalue weighted by atomic mass is 16.5. The summed E-state index contributed by atoms with van der Waals surface area (Å²) < 4.78 is 10.6. The van der Waals surface area contributed by atoms with Gasteiger partial charge in [0.05, 0.1) is 7.11 Å². The number of benzene rings is 2. The zero-order chi connectivity index (χ0) is 15.1. The number of nitrogens with one attached hydrogen (secondary N) is 1. The topological polar surface area (TPSA) is 73.6 Å². The van der Waals surface area contributed by atoms with Crippen LogP contribution in [-0.2, 0) is 11.3 Å². The fourth-order valence-corrected chi connectivity index (χ4v) is 1.85. The van der Waals surface area contributed by atoms with E-state index < -0.39 is 5.91 Å². The number of amides is 1. The van der Waals surface area contributed by atoms with Crippen LogP contribution >= 0.6 is 0 Å². The monoisotopic (exact) mass is 286 g/mol. The Labute approximate surface area is 123 Å². The quantitative estimate of drug-likeness (QED) is 0.818. The molecule has 5 heteroatoms. The van der Waals surface area contributed by atoms with Crippen molar-refractivity contribution in [1.82, 2.24) is 0 Å². The van der Waals surface area contributed by atoms with E-state index in [0.29, 0.717) is 18.0 Å². The fraction of sp³-hybridized carbons (Fsp3) is 0.188. The van der Waals surface area contributed by atoms with E-state index in [1.807, 2.05) is 42.5 Å². The van der Waals surface area contributed by atoms with Crippen LogP contribution in [0.3, 0.4) is 0 Å². The number of carbonyl (C=O) groups excluding carboxylic acids is 1. The number of hydrogen-bond acceptors (Lipinski definition) is 4. The Bertz CT molecular complexity index is 600. The van der Waals surface area contributed by atoms with E-state index in [1.165, 1.54) is 0 Å². The molecule has 2 rings (SSSR count). The van der Waals surface area contributed by atoms with E-state index >= 15 is 0 Å². The van der Waals surface area contributed by atoms with Crippen molar-refractivity contribution in [2.45, 2.75) is 6.54 Å². The number of nitrogens with two attached hydrogens (primary N) is 1. The maximum atomic E-state index is 10.7. The molecule has 0 saturated carbocycles. The molecule has 2 aromatic carbocycles. The summed E-state index contributed by atoms with van der Waals surface area (Å²) in [7, 11) is 1.56. The molecule has 0 aliphatic heterocycles. The Hall–Kier alpha value is -2.69. The Morgan fingerprint density at radius 2 is 1.90 bits per heavy atom. The van der Waals surface area contributed by atoms with Gasteiger partial charge in [-0.25, -0.2) is 0 Å². The van der Waals surface area contributed by atoms with E-state index in [1.54, 1.807) is 13.2 Å². The zero-order valence-corrected chi connectivity index (χ0v) is 11.8. The minimum absolute atomic E-state index is 0.169. The summed E-state index contributed by atoms with van der Waals surface area (Å²) in [6.07, 6.45) is 0. The number of para-hydroxylation sites is 1. The van der Waals surface area contributed by atoms with Gasteiger partial charge in [0.25, 0.3) is 5.91 Å². The van der Waals surface area contributed by atoms with E-state index in [2.05, 4.69) is 5.32 Å². The number of rotatable bonds is 7. The molecule has 0 saturated heterocycles. The van der Waals surface area contributed by atoms with Gasteiger partial charge in [0.1, 0.15) is 0 Å². The van der Waals surface area contributed by atoms with Gasteiger partial charge in [-0.1, -0.05) is 24.3 Å². The van der Waals surface area contributed by atoms with Crippen LogP contribution in [0.5, 0.6) is 11.5 Å². The molecular weight excluding hydrogens is 268 g/mol. The molecular formula is C16H18N2O3. The van der Waals surface area contributed by atoms with Crippen molar-refractivity contribution in [2.24, 2.45) is 5.73 Å². The van der Waals surface area contributed by atoms with Crippen LogP contribution in [-0.4, -0.2) is 19.6 Å². The number of anilines is 1. The lowest BCUT2D eigenvalue weighted by Gasteiger charge is -2.12. The summed E-state index contributed by atoms with van der Waals surface area (Å²) in [6, 6.07) is 15.5. The maximum Gasteiger partial charge on any atom is 0.255 e. The normalized spacial score (nSPS) is 9.95. The second-order valence-electron chi connectivity index (χ2n) is 4.46. The molecule has 0 aliphatic carbocycles. The Kier molecular flexibility index (Phi) is 5.04. The average molecular weight is 286 g/mol. The Balaban J connectivity index is 2.02. The van der Waals surface area contributed by atoms with Gasteiger partial charge >= 0.3 is 0 Å². The van der Waals surface area contributed by atoms with Crippen LogP contribution in [0.1, 0.15) is 5.56 Å². The zero-order valence-electron chi connectivity index (χ0n) is 11.8. The third kappa shape index (κ3) is 4.42. The van der Waals surface area contributed by atoms with E-state index in [4.69, 9.17) is 15.2 Å². The minimum atomic E-state index is -0.521. The number of ether oxygens (including phenoxy) is 2. The fourth-order valence-electron chi connectivity index (χ4n) is 1.85. The van der Waals surface area contributed by atoms with Crippen LogP contribution in [0.15, 0.2) is 48.5 Å². The second-order valence-corrected chi connectivity index (χ2v) is 4.46. The largest absolute Gasteiger partial charge is 0.493 e. The van der Waals surface area contributed by atoms with E-state index in [-0.39, 0.29) is 6.61 Å². The van der Waals surface area contributed by atoms with Gasteiger partial charge in [-0.2, -0.15) is 0 Å². The number of primary amides is 1. The first-order chi connectivity index (χ1) is 10.2. The third-order valence-electron chi connectivity index (χ3n) is 2.87. The van der Waals surface area contributed by atoms with Crippen molar-refractivity contribution in [3.8, 4) is 11.5 Å². The third-order valence-corrected chi connectivity index (χ3v) is 2.87. The predicted octanol–water partition coefficient (Wildman–Crippen LogP) is 2.17. The molecule has 110 valence electrons. The summed E-state index contributed by atoms with van der Waals surface area (Å²) in [5.41, 5.74) is 7.15. The lowest BCUT2D eigenvalue weighted by Crippen LogP contribution is -2.20. The van der Waals surface area contributed by atoms with Crippen LogP contribution < -0.4 is 20.5 Å². The summed E-state index contributed by atoms with van der Waals surface area (Å²) >= 11 is 0. The van der Waals surface area contributed by atoms with Crippen LogP contribution in [0, 0.1) is 0 Å². The van der Waals surface area contributed by atoms with Gasteiger partial charge in [0.15, 0.2) is 18.1 Å². The SMILES string of the molecule is COc1cc(CNc2ccccc2)ccc1OCC(N)=O. The first-order valence-corrected chi connectivity index (χ1v) is 6.56. The average Bonchev–Trinajstić information content (AvgIpc) is 2.52. The summed E-state index contributed by atoms with van der Waals surface area (Å²) in [6.45, 7) is 0.494. The highest BCUT2D eigenvalue weighted by molar-refractivity contribution is 5.75. The van der Waals surface area contributed by atoms with Crippen LogP contribution in [0.2, 0.25) is 0 Å². The molecule has 21 heavy (non-hydrogen) atoms. The molecule has 0 atom stereocenters. The van der Waals surface area contributed by atoms with Gasteiger partial charge < -0.3 is 20.5 Å². The molecule has 2 aromatic rings. The van der Waals surface area contributed by atoms with Gasteiger partial charge in [0.2, 0.25) is 0 Å². The van der Waals surface area contributed by atoms with Gasteiger partial charge in [-0.15, -0.1) is 0 Å². The molecule has 0 spiro atoms. The molecule has 0 heterocycles. The molecule has 0 aliphatic rings. The maximum absolute atomic E-state index is 10.7. The van der Waals surface area contributed by atoms with Crippen molar-refractivity contribution in [3.63, 3.8) is 0 Å². The molecule has 0 unspecified atom stereocenters. The van der Waals surface area contributed by atoms with Crippen molar-refractivity contribution in [3.05, 3.63) is 54.1 Å². The number of carbonyl (C=O) groups is 1. The molecule has 1 amide bonds. The smallest absolute Gasteiger partial charge is 0.255 e. The highest BCUT2D eigenvalue weighted by Gasteiger charge is 2.07. The molecule has 5 nitrogen and oxygen atoms in total. The lowest BCUT2D eigenvalue weighted by molar-refractivity contribution is -0.119. The number of hydrogen-bond donors (Lipinski definition) is 2. The van der Waals surface area contributed by atoms with Gasteiger partial charge in [0, 0.05) is 12.2 Å². The Morgan fingerprint density at radius 3 is 2.57 bits per heavy atom. The molecule has 3 N–H and O–H groups in total. The summed E-state index contributed by atoms with van der Waals surface area (Å²) in [5, 5.41) is 3.31. The molecule has 0 radical (unpaired) electrons. The molecule has 0 aromatic heterocycles. The number of methoxy groups -OCH3 is 1. The van der Waals surface area contributed by atoms with Gasteiger partial charge in [-0.3, -0.25) is 4.79 Å². The van der Waals surface area contributed by atoms with Crippen molar-refractivity contribution in [2.75, 3.05) is 19.0 Å². The summed E-state index contributed by atoms with van der Waals surface area (Å²) in [4.78, 5) is 10.7. The molecule has 0 bridgehead atoms. The van der Waals surface area contributed by atoms with Crippen molar-refractivity contribution < 1.29 is 14.3 Å². The van der Waals surface area contributed by atoms with Crippen LogP contribution in [0.4, 0.5) is 5.69 Å². The summed E-state index contributed by atoms with van der Waals surface area (Å²) in [5.74, 6) is 0.551. The first kappa shape index (κ1) is 14.7. The second kappa shape index (κ2) is 7.19.